The molecule has 4 saturated carbocycles. The van der Waals surface area contributed by atoms with Gasteiger partial charge < -0.3 is 104 Å². The first-order chi connectivity index (χ1) is 35.1. The van der Waals surface area contributed by atoms with Gasteiger partial charge in [-0.15, -0.1) is 0 Å². The molecule has 4 saturated heterocycles. The quantitative estimate of drug-likeness (QED) is 0.0643. The van der Waals surface area contributed by atoms with Crippen LogP contribution in [0, 0.1) is 50.2 Å². The zero-order valence-corrected chi connectivity index (χ0v) is 44.2. The maximum absolute atomic E-state index is 15.5. The van der Waals surface area contributed by atoms with Crippen molar-refractivity contribution in [3.8, 4) is 0 Å². The van der Waals surface area contributed by atoms with E-state index in [0.29, 0.717) is 44.9 Å². The SMILES string of the molecule is C[C@@H]1O[C@@H](O[C@H]2[C@H](OC(=O)[C@]34CCC(C)(C)CC3C3=CCC5[C@@]6(C)CC[C@H](O[C@@H]7O[C@H](CO)[C@@H](O)[C@H](O)[C@H]7O)[C@@](C)(CO)C6CC[C@@]5(C)[C@]3(C)CC4)O[C@H](CO[C@@H]3OC[C@@H](O)[C@H](O)[C@H]3O)[C@@H](O)[C@@H]2O)[C@H](O)[C@H](O)[C@H]1O. The molecule has 0 bridgehead atoms. The van der Waals surface area contributed by atoms with Gasteiger partial charge in [0, 0.05) is 5.41 Å². The molecular formula is C53H86O22. The van der Waals surface area contributed by atoms with Gasteiger partial charge in [0.15, 0.2) is 25.0 Å². The number of esters is 1. The van der Waals surface area contributed by atoms with E-state index in [9.17, 15) is 66.4 Å². The van der Waals surface area contributed by atoms with Crippen molar-refractivity contribution in [2.45, 2.75) is 235 Å². The van der Waals surface area contributed by atoms with Crippen molar-refractivity contribution in [3.05, 3.63) is 11.6 Å². The smallest absolute Gasteiger partial charge is 0.315 e. The number of carbonyl (C=O) groups is 1. The molecule has 5 aliphatic carbocycles. The molecule has 0 amide bonds. The van der Waals surface area contributed by atoms with Crippen LogP contribution in [0.5, 0.6) is 0 Å². The molecule has 22 heteroatoms. The van der Waals surface area contributed by atoms with Crippen LogP contribution in [-0.2, 0) is 42.7 Å². The fraction of sp³-hybridized carbons (Fsp3) is 0.943. The maximum atomic E-state index is 15.5. The molecule has 3 unspecified atom stereocenters. The lowest BCUT2D eigenvalue weighted by Crippen LogP contribution is -2.67. The van der Waals surface area contributed by atoms with Crippen molar-refractivity contribution in [2.24, 2.45) is 50.2 Å². The van der Waals surface area contributed by atoms with Gasteiger partial charge in [-0.1, -0.05) is 53.2 Å². The van der Waals surface area contributed by atoms with Crippen LogP contribution < -0.4 is 0 Å². The lowest BCUT2D eigenvalue weighted by Gasteiger charge is -2.71. The highest BCUT2D eigenvalue weighted by molar-refractivity contribution is 5.79. The first-order valence-corrected chi connectivity index (χ1v) is 27.3. The largest absolute Gasteiger partial charge is 0.432 e. The van der Waals surface area contributed by atoms with Crippen molar-refractivity contribution >= 4 is 5.97 Å². The highest BCUT2D eigenvalue weighted by Gasteiger charge is 2.71. The first-order valence-electron chi connectivity index (χ1n) is 27.3. The summed E-state index contributed by atoms with van der Waals surface area (Å²) in [5, 5.41) is 139. The summed E-state index contributed by atoms with van der Waals surface area (Å²) in [7, 11) is 0. The zero-order valence-electron chi connectivity index (χ0n) is 44.2. The molecule has 0 radical (unpaired) electrons. The highest BCUT2D eigenvalue weighted by Crippen LogP contribution is 2.76. The second-order valence-electron chi connectivity index (χ2n) is 25.7. The van der Waals surface area contributed by atoms with Crippen molar-refractivity contribution in [3.63, 3.8) is 0 Å². The van der Waals surface area contributed by atoms with Crippen molar-refractivity contribution < 1.29 is 109 Å². The molecule has 9 rings (SSSR count). The predicted molar refractivity (Wildman–Crippen MR) is 257 cm³/mol. The molecule has 13 N–H and O–H groups in total. The predicted octanol–water partition coefficient (Wildman–Crippen LogP) is -1.40. The average Bonchev–Trinajstić information content (AvgIpc) is 3.37. The molecule has 0 aromatic carbocycles. The van der Waals surface area contributed by atoms with Crippen LogP contribution >= 0.6 is 0 Å². The fourth-order valence-electron chi connectivity index (χ4n) is 16.1. The van der Waals surface area contributed by atoms with E-state index in [1.165, 1.54) is 12.5 Å². The number of aliphatic hydroxyl groups is 13. The van der Waals surface area contributed by atoms with E-state index < -0.39 is 158 Å². The molecule has 9 aliphatic rings. The molecule has 4 heterocycles. The molecule has 8 fully saturated rings. The van der Waals surface area contributed by atoms with E-state index in [1.807, 2.05) is 6.92 Å². The molecule has 28 atom stereocenters. The molecule has 430 valence electrons. The number of aliphatic hydroxyl groups excluding tert-OH is 13. The second-order valence-corrected chi connectivity index (χ2v) is 25.7. The standard InChI is InChI=1S/C53H86O22/c1-23-32(57)36(61)40(65)44(70-23)74-42-38(63)35(60)28(21-69-43-39(64)33(58)26(56)20-68-43)72-46(42)75-47(67)53-16-14-48(2,3)18-25(53)24-8-9-30-49(4)12-11-31(73-45-41(66)37(62)34(59)27(19-54)71-45)50(5,22-55)29(49)10-13-52(30,7)51(24,6)15-17-53/h8,23,25-46,54-66H,9-22H2,1-7H3/t23-,25?,26+,27+,28+,29?,30?,31-,32-,33-,34+,35+,36+,37-,38-,39+,40+,41+,42+,43-,44-,45-,46-,49-,50-,51+,52+,53-/m0/s1. The Bertz CT molecular complexity index is 2060. The van der Waals surface area contributed by atoms with Gasteiger partial charge in [0.05, 0.1) is 44.1 Å². The number of carbonyl (C=O) groups excluding carboxylic acids is 1. The number of fused-ring (bicyclic) bond motifs is 7. The van der Waals surface area contributed by atoms with E-state index >= 15 is 4.79 Å². The van der Waals surface area contributed by atoms with Crippen molar-refractivity contribution in [2.75, 3.05) is 26.4 Å². The molecule has 0 aromatic heterocycles. The van der Waals surface area contributed by atoms with Crippen LogP contribution in [0.1, 0.15) is 113 Å². The number of hydrogen-bond acceptors (Lipinski definition) is 22. The van der Waals surface area contributed by atoms with Gasteiger partial charge in [-0.2, -0.15) is 0 Å². The minimum absolute atomic E-state index is 0.0355. The van der Waals surface area contributed by atoms with Gasteiger partial charge in [-0.25, -0.2) is 0 Å². The van der Waals surface area contributed by atoms with Crippen LogP contribution in [0.25, 0.3) is 0 Å². The summed E-state index contributed by atoms with van der Waals surface area (Å²) in [6, 6.07) is 0. The molecule has 0 spiro atoms. The van der Waals surface area contributed by atoms with Gasteiger partial charge in [-0.3, -0.25) is 4.79 Å². The normalized spacial score (nSPS) is 54.8. The Morgan fingerprint density at radius 2 is 1.27 bits per heavy atom. The van der Waals surface area contributed by atoms with Gasteiger partial charge in [0.1, 0.15) is 79.4 Å². The Kier molecular flexibility index (Phi) is 16.3. The second kappa shape index (κ2) is 21.1. The Morgan fingerprint density at radius 3 is 1.95 bits per heavy atom. The minimum Gasteiger partial charge on any atom is -0.432 e. The van der Waals surface area contributed by atoms with E-state index in [4.69, 9.17) is 37.9 Å². The average molecular weight is 1080 g/mol. The van der Waals surface area contributed by atoms with E-state index in [0.717, 1.165) is 19.3 Å². The first kappa shape index (κ1) is 58.1. The van der Waals surface area contributed by atoms with Crippen LogP contribution in [0.15, 0.2) is 11.6 Å². The summed E-state index contributed by atoms with van der Waals surface area (Å²) in [5.41, 5.74) is -1.86. The number of rotatable bonds is 11. The Morgan fingerprint density at radius 1 is 0.640 bits per heavy atom. The third kappa shape index (κ3) is 9.50. The van der Waals surface area contributed by atoms with Crippen LogP contribution in [0.4, 0.5) is 0 Å². The molecule has 75 heavy (non-hydrogen) atoms. The summed E-state index contributed by atoms with van der Waals surface area (Å²) < 4.78 is 47.9. The summed E-state index contributed by atoms with van der Waals surface area (Å²) in [4.78, 5) is 15.5. The molecular weight excluding hydrogens is 989 g/mol. The lowest BCUT2D eigenvalue weighted by molar-refractivity contribution is -0.365. The third-order valence-electron chi connectivity index (χ3n) is 21.1. The van der Waals surface area contributed by atoms with Crippen LogP contribution in [0.2, 0.25) is 0 Å². The monoisotopic (exact) mass is 1070 g/mol. The Labute approximate surface area is 437 Å². The van der Waals surface area contributed by atoms with Crippen molar-refractivity contribution in [1.29, 1.82) is 0 Å². The van der Waals surface area contributed by atoms with E-state index in [-0.39, 0.29) is 47.2 Å². The number of ether oxygens (including phenoxy) is 8. The van der Waals surface area contributed by atoms with Crippen LogP contribution in [0.3, 0.4) is 0 Å². The molecule has 22 nitrogen and oxygen atoms in total. The summed E-state index contributed by atoms with van der Waals surface area (Å²) in [6.45, 7) is 13.1. The van der Waals surface area contributed by atoms with Gasteiger partial charge in [0.2, 0.25) is 6.29 Å². The summed E-state index contributed by atoms with van der Waals surface area (Å²) >= 11 is 0. The minimum atomic E-state index is -1.89. The van der Waals surface area contributed by atoms with Crippen LogP contribution in [-0.4, -0.2) is 222 Å². The van der Waals surface area contributed by atoms with E-state index in [2.05, 4.69) is 40.7 Å². The van der Waals surface area contributed by atoms with E-state index in [1.54, 1.807) is 0 Å². The summed E-state index contributed by atoms with van der Waals surface area (Å²) in [5.74, 6) is -0.816. The van der Waals surface area contributed by atoms with Crippen molar-refractivity contribution in [1.82, 2.24) is 0 Å². The summed E-state index contributed by atoms with van der Waals surface area (Å²) in [6.07, 6.45) is -21.7. The molecule has 0 aromatic rings. The zero-order chi connectivity index (χ0) is 54.7. The highest BCUT2D eigenvalue weighted by atomic mass is 16.8. The number of allylic oxidation sites excluding steroid dienone is 2. The van der Waals surface area contributed by atoms with Gasteiger partial charge in [0.25, 0.3) is 0 Å². The fourth-order valence-corrected chi connectivity index (χ4v) is 16.1. The third-order valence-corrected chi connectivity index (χ3v) is 21.1. The maximum Gasteiger partial charge on any atom is 0.315 e. The topological polar surface area (TPSA) is 354 Å². The Balaban J connectivity index is 0.991. The van der Waals surface area contributed by atoms with Gasteiger partial charge in [-0.05, 0) is 111 Å². The lowest BCUT2D eigenvalue weighted by atomic mass is 9.33. The molecule has 4 aliphatic heterocycles. The van der Waals surface area contributed by atoms with Gasteiger partial charge >= 0.3 is 5.97 Å². The number of hydrogen-bond donors (Lipinski definition) is 13. The Hall–Kier alpha value is -1.59.